The van der Waals surface area contributed by atoms with Crippen LogP contribution < -0.4 is 32.7 Å². The fraction of sp³-hybridized carbons (Fsp3) is 0.413. The van der Waals surface area contributed by atoms with Gasteiger partial charge in [-0.3, -0.25) is 49.2 Å². The summed E-state index contributed by atoms with van der Waals surface area (Å²) in [4.78, 5) is 119. The Bertz CT molecular complexity index is 6530. The molecule has 0 unspecified atom stereocenters. The van der Waals surface area contributed by atoms with Crippen molar-refractivity contribution in [2.75, 3.05) is 96.9 Å². The quantitative estimate of drug-likeness (QED) is 0.0128. The molecule has 8 atom stereocenters. The Balaban J connectivity index is 0.000000160. The Hall–Kier alpha value is -11.0. The first-order valence-electron chi connectivity index (χ1n) is 44.4. The van der Waals surface area contributed by atoms with Crippen molar-refractivity contribution in [1.29, 1.82) is 0 Å². The first kappa shape index (κ1) is 109. The number of aryl methyl sites for hydroxylation is 2. The number of likely N-dealkylation sites (tertiary alicyclic amines) is 3. The van der Waals surface area contributed by atoms with Crippen molar-refractivity contribution in [3.63, 3.8) is 0 Å². The molecule has 0 radical (unpaired) electrons. The Kier molecular flexibility index (Phi) is 35.2. The monoisotopic (exact) mass is 2260 g/mol. The summed E-state index contributed by atoms with van der Waals surface area (Å²) in [5, 5.41) is 37.4. The molecule has 4 aromatic carbocycles. The number of nitrogens with zero attached hydrogens (tertiary/aromatic N) is 14. The number of benzene rings is 4. The van der Waals surface area contributed by atoms with Gasteiger partial charge in [-0.25, -0.2) is 91.4 Å². The topological polar surface area (TPSA) is 438 Å². The zero-order valence-corrected chi connectivity index (χ0v) is 85.6. The number of sulfone groups is 1. The van der Waals surface area contributed by atoms with Crippen molar-refractivity contribution in [3.05, 3.63) is 251 Å². The summed E-state index contributed by atoms with van der Waals surface area (Å²) < 4.78 is 191. The molecule has 51 heteroatoms. The normalized spacial score (nSPS) is 22.1. The molecule has 0 bridgehead atoms. The molecule has 12 heterocycles. The van der Waals surface area contributed by atoms with E-state index in [2.05, 4.69) is 94.0 Å². The molecule has 0 aliphatic carbocycles. The van der Waals surface area contributed by atoms with E-state index in [9.17, 15) is 91.3 Å². The van der Waals surface area contributed by atoms with Crippen LogP contribution in [0.5, 0.6) is 0 Å². The maximum absolute atomic E-state index is 14.5. The number of nitrogens with two attached hydrogens (primary N) is 2. The molecule has 4 fully saturated rings. The van der Waals surface area contributed by atoms with Crippen molar-refractivity contribution in [2.45, 2.75) is 133 Å². The van der Waals surface area contributed by atoms with Crippen LogP contribution in [-0.2, 0) is 71.6 Å². The van der Waals surface area contributed by atoms with E-state index >= 15 is 0 Å². The van der Waals surface area contributed by atoms with Crippen LogP contribution in [0.2, 0.25) is 5.02 Å². The van der Waals surface area contributed by atoms with Crippen LogP contribution in [0.1, 0.15) is 129 Å². The number of esters is 4. The van der Waals surface area contributed by atoms with Gasteiger partial charge in [0.2, 0.25) is 11.8 Å². The third-order valence-electron chi connectivity index (χ3n) is 23.7. The molecule has 2 amide bonds. The molecule has 4 saturated heterocycles. The van der Waals surface area contributed by atoms with Crippen LogP contribution in [0, 0.1) is 23.3 Å². The first-order chi connectivity index (χ1) is 67.6. The number of hydrogen-bond donors (Lipinski definition) is 8. The third-order valence-corrected chi connectivity index (χ3v) is 29.3. The number of hydrogen-bond acceptors (Lipinski definition) is 32. The highest BCUT2D eigenvalue weighted by Gasteiger charge is 2.53. The number of halogens is 14. The zero-order chi connectivity index (χ0) is 104. The van der Waals surface area contributed by atoms with E-state index in [1.165, 1.54) is 118 Å². The number of imidazole rings is 2. The van der Waals surface area contributed by atoms with Crippen LogP contribution in [0.25, 0.3) is 0 Å². The predicted molar refractivity (Wildman–Crippen MR) is 519 cm³/mol. The number of aliphatic imine (C=N–C) groups is 4. The maximum atomic E-state index is 14.5. The highest BCUT2D eigenvalue weighted by molar-refractivity contribution is 9.11. The van der Waals surface area contributed by atoms with Gasteiger partial charge in [0.05, 0.1) is 98.1 Å². The second kappa shape index (κ2) is 46.1. The summed E-state index contributed by atoms with van der Waals surface area (Å²) >= 11 is 19.1. The third kappa shape index (κ3) is 26.3. The first-order valence-corrected chi connectivity index (χ1v) is 50.7. The lowest BCUT2D eigenvalue weighted by atomic mass is 9.93. The molecule has 0 spiro atoms. The number of aromatic nitrogens is 6. The number of aliphatic hydroxyl groups excluding tert-OH is 1. The minimum Gasteiger partial charge on any atom is -0.463 e. The SMILES string of the molecule is CCOC(=O)C1=C(CN2CC(F)(F)C[C@H]2C(C)(C)O)NC(c2nccs2)=N[C@H]1c1ccc(F)cc1Br.CCOC(=O)C1=C(CN2CC(F)(F)C[C@H]2C(N)=O)NC(c2nccn2C)=N[C@H]1c1ccc(F)cc1Br.CCOC(=O)C1=C(CN2CC(F)(F)C[C@H]2CO)NC(c2nccn2C)=N[C@H]1c1ccc(F)cc1Cl.CCOC(=O)C1=C(CN2CCS(=O)(=O)C[C@H]2C(N)=O)NC(c2nccs2)=N[C@H]1c1ccc(F)cc1Br. The highest BCUT2D eigenvalue weighted by atomic mass is 79.9. The number of carbonyl (C=O) groups is 6. The van der Waals surface area contributed by atoms with Gasteiger partial charge >= 0.3 is 23.9 Å². The van der Waals surface area contributed by atoms with E-state index in [1.807, 2.05) is 0 Å². The number of alkyl halides is 6. The number of nitrogens with one attached hydrogen (secondary N) is 4. The zero-order valence-electron chi connectivity index (χ0n) is 77.6. The van der Waals surface area contributed by atoms with E-state index in [1.54, 1.807) is 104 Å². The van der Waals surface area contributed by atoms with Crippen molar-refractivity contribution in [2.24, 2.45) is 45.5 Å². The number of amides is 2. The molecular formula is C92H98Br3ClF10N20O14S3. The summed E-state index contributed by atoms with van der Waals surface area (Å²) in [6.45, 7) is 7.10. The van der Waals surface area contributed by atoms with Crippen molar-refractivity contribution in [3.8, 4) is 0 Å². The molecule has 8 aliphatic rings. The van der Waals surface area contributed by atoms with Gasteiger partial charge < -0.3 is 71.0 Å². The smallest absolute Gasteiger partial charge is 0.338 e. The largest absolute Gasteiger partial charge is 0.463 e. The van der Waals surface area contributed by atoms with Crippen LogP contribution in [0.15, 0.2) is 199 Å². The average Bonchev–Trinajstić information content (AvgIpc) is 1.74. The summed E-state index contributed by atoms with van der Waals surface area (Å²) in [5.74, 6) is -14.0. The minimum absolute atomic E-state index is 0.00299. The Morgan fingerprint density at radius 2 is 0.846 bits per heavy atom. The van der Waals surface area contributed by atoms with Gasteiger partial charge in [-0.1, -0.05) is 83.7 Å². The van der Waals surface area contributed by atoms with Gasteiger partial charge in [0, 0.05) is 173 Å². The van der Waals surface area contributed by atoms with E-state index in [0.29, 0.717) is 80.4 Å². The standard InChI is InChI=1S/C24H26BrF3N4O3S.C23H24BrF3N6O3.C23H25ClF3N5O3.C22H23BrFN5O5S2/c1-4-35-22(33)18-16(11-32-12-24(27,28)10-17(32)23(2,3)34)30-20(21-29-7-8-36-21)31-19(18)14-6-5-13(26)9-15(14)25;1-3-36-22(35)17-15(10-33-11-23(26,27)9-16(33)19(28)34)30-20(21-29-6-7-32(21)2)31-18(17)13-5-4-12(25)8-14(13)24;1-3-35-22(34)18-17(10-32-12-23(26,27)9-14(32)11-33)29-20(21-28-6-7-31(21)2)30-19(18)15-5-4-13(25)8-16(15)24;1-2-34-22(31)17-15(10-29-6-8-36(32,33)11-16(29)19(25)30)27-20(21-26-5-7-35-21)28-18(17)13-4-3-12(24)9-14(13)23/h5-9,17,19,34H,4,10-12H2,1-3H3,(H,30,31);4-8,16,18H,3,9-11H2,1-2H3,(H2,28,34)(H,30,31);4-8,14,19,33H,3,9-12H2,1-2H3,(H,29,30);3-5,7,9,16,18H,2,6,8,10-11H2,1H3,(H2,25,30)(H,27,28)/t17-,19-;16-,18-;14-,19-;16-,18-/m0000/s1. The van der Waals surface area contributed by atoms with Gasteiger partial charge in [0.15, 0.2) is 54.8 Å². The van der Waals surface area contributed by atoms with E-state index in [4.69, 9.17) is 57.0 Å². The molecular weight excluding hydrogens is 2170 g/mol. The number of carbonyl (C=O) groups excluding carboxylic acids is 6. The van der Waals surface area contributed by atoms with Gasteiger partial charge in [-0.15, -0.1) is 22.7 Å². The van der Waals surface area contributed by atoms with Gasteiger partial charge in [-0.05, 0) is 107 Å². The van der Waals surface area contributed by atoms with Crippen LogP contribution in [0.4, 0.5) is 43.9 Å². The number of amidine groups is 4. The van der Waals surface area contributed by atoms with Crippen LogP contribution in [0.3, 0.4) is 0 Å². The molecule has 16 rings (SSSR count). The highest BCUT2D eigenvalue weighted by Crippen LogP contribution is 2.46. The summed E-state index contributed by atoms with van der Waals surface area (Å²) in [6.07, 6.45) is 7.97. The van der Waals surface area contributed by atoms with Crippen molar-refractivity contribution >= 4 is 151 Å². The molecule has 0 saturated carbocycles. The lowest BCUT2D eigenvalue weighted by Crippen LogP contribution is -2.56. The second-order valence-electron chi connectivity index (χ2n) is 34.4. The van der Waals surface area contributed by atoms with Crippen molar-refractivity contribution in [1.82, 2.24) is 69.9 Å². The van der Waals surface area contributed by atoms with Crippen LogP contribution >= 0.6 is 82.1 Å². The van der Waals surface area contributed by atoms with E-state index in [-0.39, 0.29) is 115 Å². The number of primary amides is 2. The molecule has 10 N–H and O–H groups in total. The molecule has 8 aliphatic heterocycles. The fourth-order valence-electron chi connectivity index (χ4n) is 17.3. The van der Waals surface area contributed by atoms with Gasteiger partial charge in [-0.2, -0.15) is 0 Å². The lowest BCUT2D eigenvalue weighted by molar-refractivity contribution is -0.139. The molecule has 4 aromatic heterocycles. The maximum Gasteiger partial charge on any atom is 0.338 e. The second-order valence-corrected chi connectivity index (χ2v) is 41.3. The Morgan fingerprint density at radius 3 is 1.21 bits per heavy atom. The fourth-order valence-corrected chi connectivity index (χ4v) is 22.0. The number of thiazole rings is 2. The average molecular weight is 2270 g/mol. The number of rotatable bonds is 28. The number of aliphatic hydroxyl groups is 2. The minimum atomic E-state index is -3.44. The molecule has 8 aromatic rings. The van der Waals surface area contributed by atoms with Crippen LogP contribution in [-0.4, -0.2) is 271 Å². The molecule has 143 heavy (non-hydrogen) atoms. The molecule has 766 valence electrons. The van der Waals surface area contributed by atoms with E-state index < -0.39 is 192 Å². The summed E-state index contributed by atoms with van der Waals surface area (Å²) in [7, 11) is 0.0461. The Morgan fingerprint density at radius 1 is 0.497 bits per heavy atom. The summed E-state index contributed by atoms with van der Waals surface area (Å²) in [6, 6.07) is 8.00. The van der Waals surface area contributed by atoms with Gasteiger partial charge in [0.25, 0.3) is 17.8 Å². The molecule has 34 nitrogen and oxygen atoms in total. The van der Waals surface area contributed by atoms with Gasteiger partial charge in [0.1, 0.15) is 53.5 Å². The van der Waals surface area contributed by atoms with Crippen molar-refractivity contribution < 1.29 is 110 Å². The predicted octanol–water partition coefficient (Wildman–Crippen LogP) is 11.2. The Labute approximate surface area is 851 Å². The number of ether oxygens (including phenoxy) is 4. The summed E-state index contributed by atoms with van der Waals surface area (Å²) in [5.41, 5.74) is 12.8. The van der Waals surface area contributed by atoms with E-state index in [0.717, 1.165) is 6.07 Å². The lowest BCUT2D eigenvalue weighted by Gasteiger charge is -2.36.